The second-order valence-electron chi connectivity index (χ2n) is 3.64. The fraction of sp³-hybridized carbons (Fsp3) is 0.455. The van der Waals surface area contributed by atoms with Crippen molar-refractivity contribution < 1.29 is 9.32 Å². The van der Waals surface area contributed by atoms with Gasteiger partial charge in [0.15, 0.2) is 0 Å². The molecule has 1 aromatic rings. The molecule has 1 aliphatic rings. The van der Waals surface area contributed by atoms with Crippen molar-refractivity contribution in [1.82, 2.24) is 0 Å². The molecule has 2 rings (SSSR count). The molecule has 0 saturated heterocycles. The van der Waals surface area contributed by atoms with Crippen molar-refractivity contribution in [2.75, 3.05) is 12.4 Å². The Morgan fingerprint density at radius 2 is 2.33 bits per heavy atom. The molecule has 2 nitrogen and oxygen atoms in total. The van der Waals surface area contributed by atoms with E-state index in [0.29, 0.717) is 5.75 Å². The number of aliphatic hydroxyl groups excluding tert-OH is 1. The fourth-order valence-electron chi connectivity index (χ4n) is 2.08. The van der Waals surface area contributed by atoms with Crippen LogP contribution in [0.2, 0.25) is 5.02 Å². The summed E-state index contributed by atoms with van der Waals surface area (Å²) in [7, 11) is -0.974. The first kappa shape index (κ1) is 11.1. The summed E-state index contributed by atoms with van der Waals surface area (Å²) in [6.07, 6.45) is 1.78. The van der Waals surface area contributed by atoms with Gasteiger partial charge in [-0.25, -0.2) is 0 Å². The largest absolute Gasteiger partial charge is 0.395 e. The number of aliphatic hydroxyl groups is 1. The number of rotatable bonds is 3. The van der Waals surface area contributed by atoms with E-state index in [2.05, 4.69) is 0 Å². The summed E-state index contributed by atoms with van der Waals surface area (Å²) in [6.45, 7) is -0.0149. The average molecular weight is 245 g/mol. The SMILES string of the molecule is O=[S@](CCO)[C@H]1CCc2c(Cl)cccc21. The predicted molar refractivity (Wildman–Crippen MR) is 62.6 cm³/mol. The summed E-state index contributed by atoms with van der Waals surface area (Å²) in [5, 5.41) is 9.62. The van der Waals surface area contributed by atoms with E-state index in [1.165, 1.54) is 0 Å². The van der Waals surface area contributed by atoms with Crippen molar-refractivity contribution in [1.29, 1.82) is 0 Å². The summed E-state index contributed by atoms with van der Waals surface area (Å²) in [4.78, 5) is 0. The van der Waals surface area contributed by atoms with Gasteiger partial charge in [0.2, 0.25) is 0 Å². The number of fused-ring (bicyclic) bond motifs is 1. The van der Waals surface area contributed by atoms with Gasteiger partial charge in [-0.3, -0.25) is 4.21 Å². The van der Waals surface area contributed by atoms with Gasteiger partial charge in [0.1, 0.15) is 0 Å². The molecule has 0 heterocycles. The quantitative estimate of drug-likeness (QED) is 0.884. The molecule has 0 bridgehead atoms. The third-order valence-corrected chi connectivity index (χ3v) is 4.83. The maximum absolute atomic E-state index is 11.8. The Balaban J connectivity index is 2.29. The van der Waals surface area contributed by atoms with Gasteiger partial charge < -0.3 is 5.11 Å². The zero-order valence-corrected chi connectivity index (χ0v) is 9.85. The van der Waals surface area contributed by atoms with Crippen LogP contribution in [0.1, 0.15) is 22.8 Å². The Bertz CT molecular complexity index is 392. The van der Waals surface area contributed by atoms with Crippen molar-refractivity contribution in [2.45, 2.75) is 18.1 Å². The van der Waals surface area contributed by atoms with Gasteiger partial charge in [-0.2, -0.15) is 0 Å². The van der Waals surface area contributed by atoms with Crippen LogP contribution in [-0.4, -0.2) is 21.7 Å². The minimum atomic E-state index is -0.974. The van der Waals surface area contributed by atoms with Crippen molar-refractivity contribution in [3.05, 3.63) is 34.3 Å². The van der Waals surface area contributed by atoms with Crippen molar-refractivity contribution in [2.24, 2.45) is 0 Å². The summed E-state index contributed by atoms with van der Waals surface area (Å²) < 4.78 is 11.8. The van der Waals surface area contributed by atoms with Crippen LogP contribution < -0.4 is 0 Å². The summed E-state index contributed by atoms with van der Waals surface area (Å²) >= 11 is 6.07. The number of hydrogen-bond donors (Lipinski definition) is 1. The maximum Gasteiger partial charge on any atom is 0.0604 e. The third-order valence-electron chi connectivity index (χ3n) is 2.77. The van der Waals surface area contributed by atoms with E-state index in [9.17, 15) is 4.21 Å². The molecule has 0 unspecified atom stereocenters. The molecule has 2 atom stereocenters. The zero-order chi connectivity index (χ0) is 10.8. The van der Waals surface area contributed by atoms with E-state index in [4.69, 9.17) is 16.7 Å². The van der Waals surface area contributed by atoms with E-state index in [-0.39, 0.29) is 11.9 Å². The first-order valence-corrected chi connectivity index (χ1v) is 6.75. The molecule has 0 amide bonds. The molecule has 82 valence electrons. The second kappa shape index (κ2) is 4.64. The van der Waals surface area contributed by atoms with Gasteiger partial charge in [-0.05, 0) is 30.0 Å². The molecule has 0 spiro atoms. The number of benzene rings is 1. The van der Waals surface area contributed by atoms with Crippen molar-refractivity contribution in [3.63, 3.8) is 0 Å². The van der Waals surface area contributed by atoms with Crippen molar-refractivity contribution in [3.8, 4) is 0 Å². The van der Waals surface area contributed by atoms with Crippen LogP contribution in [0.15, 0.2) is 18.2 Å². The topological polar surface area (TPSA) is 37.3 Å². The highest BCUT2D eigenvalue weighted by Crippen LogP contribution is 2.38. The summed E-state index contributed by atoms with van der Waals surface area (Å²) in [5.74, 6) is 0.358. The van der Waals surface area contributed by atoms with Crippen LogP contribution >= 0.6 is 11.6 Å². The van der Waals surface area contributed by atoms with Crippen LogP contribution in [0.5, 0.6) is 0 Å². The highest BCUT2D eigenvalue weighted by atomic mass is 35.5. The Kier molecular flexibility index (Phi) is 3.44. The zero-order valence-electron chi connectivity index (χ0n) is 8.28. The lowest BCUT2D eigenvalue weighted by Crippen LogP contribution is -2.09. The molecule has 1 N–H and O–H groups in total. The monoisotopic (exact) mass is 244 g/mol. The second-order valence-corrected chi connectivity index (χ2v) is 5.79. The van der Waals surface area contributed by atoms with Crippen LogP contribution in [0.4, 0.5) is 0 Å². The van der Waals surface area contributed by atoms with Gasteiger partial charge >= 0.3 is 0 Å². The van der Waals surface area contributed by atoms with E-state index < -0.39 is 10.8 Å². The normalized spacial score (nSPS) is 21.3. The molecular formula is C11H13ClO2S. The first-order valence-electron chi connectivity index (χ1n) is 4.99. The van der Waals surface area contributed by atoms with Crippen LogP contribution in [0.3, 0.4) is 0 Å². The summed E-state index contributed by atoms with van der Waals surface area (Å²) in [6, 6.07) is 5.77. The average Bonchev–Trinajstić information content (AvgIpc) is 2.63. The van der Waals surface area contributed by atoms with Crippen LogP contribution in [-0.2, 0) is 17.2 Å². The van der Waals surface area contributed by atoms with E-state index in [1.807, 2.05) is 18.2 Å². The highest BCUT2D eigenvalue weighted by Gasteiger charge is 2.28. The molecule has 0 fully saturated rings. The fourth-order valence-corrected chi connectivity index (χ4v) is 3.70. The van der Waals surface area contributed by atoms with E-state index in [1.54, 1.807) is 0 Å². The van der Waals surface area contributed by atoms with Crippen LogP contribution in [0, 0.1) is 0 Å². The molecule has 4 heteroatoms. The van der Waals surface area contributed by atoms with Gasteiger partial charge in [-0.1, -0.05) is 23.7 Å². The van der Waals surface area contributed by atoms with Crippen LogP contribution in [0.25, 0.3) is 0 Å². The molecule has 0 aliphatic heterocycles. The number of halogens is 1. The Morgan fingerprint density at radius 1 is 1.53 bits per heavy atom. The van der Waals surface area contributed by atoms with Gasteiger partial charge in [-0.15, -0.1) is 0 Å². The molecule has 0 saturated carbocycles. The van der Waals surface area contributed by atoms with Gasteiger partial charge in [0.05, 0.1) is 11.9 Å². The maximum atomic E-state index is 11.8. The number of hydrogen-bond acceptors (Lipinski definition) is 2. The molecule has 1 aliphatic carbocycles. The van der Waals surface area contributed by atoms with E-state index in [0.717, 1.165) is 29.0 Å². The third kappa shape index (κ3) is 2.10. The Morgan fingerprint density at radius 3 is 3.07 bits per heavy atom. The van der Waals surface area contributed by atoms with Gasteiger partial charge in [0.25, 0.3) is 0 Å². The Hall–Kier alpha value is -0.380. The minimum Gasteiger partial charge on any atom is -0.395 e. The standard InChI is InChI=1S/C11H13ClO2S/c12-10-3-1-2-9-8(10)4-5-11(9)15(14)7-6-13/h1-3,11,13H,4-7H2/t11-,15+/m0/s1. The minimum absolute atomic E-state index is 0.0149. The highest BCUT2D eigenvalue weighted by molar-refractivity contribution is 7.85. The van der Waals surface area contributed by atoms with Gasteiger partial charge in [0, 0.05) is 21.6 Å². The lowest BCUT2D eigenvalue weighted by atomic mass is 10.1. The van der Waals surface area contributed by atoms with Crippen molar-refractivity contribution >= 4 is 22.4 Å². The van der Waals surface area contributed by atoms with E-state index >= 15 is 0 Å². The molecule has 1 aromatic carbocycles. The predicted octanol–water partition coefficient (Wildman–Crippen LogP) is 2.07. The molecule has 0 radical (unpaired) electrons. The summed E-state index contributed by atoms with van der Waals surface area (Å²) in [5.41, 5.74) is 2.24. The molecular weight excluding hydrogens is 232 g/mol. The Labute approximate surface area is 96.7 Å². The smallest absolute Gasteiger partial charge is 0.0604 e. The molecule has 15 heavy (non-hydrogen) atoms. The lowest BCUT2D eigenvalue weighted by molar-refractivity contribution is 0.321. The first-order chi connectivity index (χ1) is 7.24. The molecule has 0 aromatic heterocycles. The lowest BCUT2D eigenvalue weighted by Gasteiger charge is -2.10.